The topological polar surface area (TPSA) is 3.24 Å². The van der Waals surface area contributed by atoms with E-state index in [1.165, 1.54) is 32.1 Å². The van der Waals surface area contributed by atoms with E-state index < -0.39 is 0 Å². The minimum Gasteiger partial charge on any atom is -0.306 e. The molecule has 0 heterocycles. The van der Waals surface area contributed by atoms with Gasteiger partial charge in [-0.1, -0.05) is 27.2 Å². The largest absolute Gasteiger partial charge is 0.306 e. The van der Waals surface area contributed by atoms with Crippen molar-refractivity contribution in [1.82, 2.24) is 4.90 Å². The molecule has 0 saturated heterocycles. The summed E-state index contributed by atoms with van der Waals surface area (Å²) in [6, 6.07) is 0.873. The Morgan fingerprint density at radius 2 is 1.46 bits per heavy atom. The van der Waals surface area contributed by atoms with Gasteiger partial charge >= 0.3 is 0 Å². The Morgan fingerprint density at radius 1 is 1.00 bits per heavy atom. The lowest BCUT2D eigenvalue weighted by atomic mass is 9.84. The molecule has 0 aromatic rings. The predicted molar refractivity (Wildman–Crippen MR) is 61.1 cm³/mol. The van der Waals surface area contributed by atoms with Gasteiger partial charge in [-0.05, 0) is 45.7 Å². The number of hydrogen-bond acceptors (Lipinski definition) is 1. The van der Waals surface area contributed by atoms with E-state index in [0.717, 1.165) is 12.0 Å². The van der Waals surface area contributed by atoms with E-state index in [2.05, 4.69) is 25.9 Å². The average molecular weight is 185 g/mol. The Morgan fingerprint density at radius 3 is 1.77 bits per heavy atom. The molecule has 0 aliphatic heterocycles. The van der Waals surface area contributed by atoms with Crippen molar-refractivity contribution in [3.63, 3.8) is 0 Å². The SMILES string of the molecule is CC.CCC1CCC(N(C)C)CC1. The van der Waals surface area contributed by atoms with Crippen LogP contribution in [0.15, 0.2) is 0 Å². The molecule has 1 rings (SSSR count). The molecular weight excluding hydrogens is 158 g/mol. The molecule has 0 unspecified atom stereocenters. The zero-order valence-electron chi connectivity index (χ0n) is 10.1. The highest BCUT2D eigenvalue weighted by Crippen LogP contribution is 2.28. The van der Waals surface area contributed by atoms with Crippen molar-refractivity contribution in [3.8, 4) is 0 Å². The molecular formula is C12H27N. The maximum Gasteiger partial charge on any atom is 0.00893 e. The van der Waals surface area contributed by atoms with Crippen molar-refractivity contribution in [2.75, 3.05) is 14.1 Å². The lowest BCUT2D eigenvalue weighted by Gasteiger charge is -2.32. The van der Waals surface area contributed by atoms with Crippen molar-refractivity contribution in [2.24, 2.45) is 5.92 Å². The van der Waals surface area contributed by atoms with Crippen molar-refractivity contribution in [2.45, 2.75) is 58.9 Å². The highest BCUT2D eigenvalue weighted by molar-refractivity contribution is 4.75. The maximum atomic E-state index is 2.38. The highest BCUT2D eigenvalue weighted by Gasteiger charge is 2.20. The van der Waals surface area contributed by atoms with E-state index in [4.69, 9.17) is 0 Å². The molecule has 0 aromatic heterocycles. The zero-order valence-corrected chi connectivity index (χ0v) is 10.1. The summed E-state index contributed by atoms with van der Waals surface area (Å²) in [5.41, 5.74) is 0. The molecule has 0 bridgehead atoms. The molecule has 0 aromatic carbocycles. The number of rotatable bonds is 2. The lowest BCUT2D eigenvalue weighted by molar-refractivity contribution is 0.191. The minimum atomic E-state index is 0.873. The summed E-state index contributed by atoms with van der Waals surface area (Å²) in [6.45, 7) is 6.32. The van der Waals surface area contributed by atoms with Crippen LogP contribution in [0.3, 0.4) is 0 Å². The van der Waals surface area contributed by atoms with Gasteiger partial charge in [-0.3, -0.25) is 0 Å². The molecule has 1 aliphatic carbocycles. The first-order valence-corrected chi connectivity index (χ1v) is 5.90. The molecule has 0 atom stereocenters. The molecule has 13 heavy (non-hydrogen) atoms. The quantitative estimate of drug-likeness (QED) is 0.636. The van der Waals surface area contributed by atoms with Gasteiger partial charge in [0.1, 0.15) is 0 Å². The van der Waals surface area contributed by atoms with Gasteiger partial charge in [-0.25, -0.2) is 0 Å². The van der Waals surface area contributed by atoms with Gasteiger partial charge in [0, 0.05) is 6.04 Å². The van der Waals surface area contributed by atoms with Gasteiger partial charge in [0.15, 0.2) is 0 Å². The Hall–Kier alpha value is -0.0400. The predicted octanol–water partition coefficient (Wildman–Crippen LogP) is 3.54. The van der Waals surface area contributed by atoms with Crippen LogP contribution >= 0.6 is 0 Å². The third-order valence-corrected chi connectivity index (χ3v) is 3.12. The Bertz CT molecular complexity index is 102. The summed E-state index contributed by atoms with van der Waals surface area (Å²) in [7, 11) is 4.41. The van der Waals surface area contributed by atoms with Crippen molar-refractivity contribution in [3.05, 3.63) is 0 Å². The Labute approximate surface area is 84.5 Å². The normalized spacial score (nSPS) is 28.2. The van der Waals surface area contributed by atoms with E-state index in [-0.39, 0.29) is 0 Å². The number of nitrogens with zero attached hydrogens (tertiary/aromatic N) is 1. The van der Waals surface area contributed by atoms with Crippen LogP contribution in [0.25, 0.3) is 0 Å². The third-order valence-electron chi connectivity index (χ3n) is 3.12. The van der Waals surface area contributed by atoms with E-state index >= 15 is 0 Å². The molecule has 1 fully saturated rings. The van der Waals surface area contributed by atoms with Crippen LogP contribution in [0.4, 0.5) is 0 Å². The minimum absolute atomic E-state index is 0.873. The van der Waals surface area contributed by atoms with Crippen LogP contribution in [0.1, 0.15) is 52.9 Å². The number of hydrogen-bond donors (Lipinski definition) is 0. The fourth-order valence-electron chi connectivity index (χ4n) is 2.07. The van der Waals surface area contributed by atoms with Crippen LogP contribution < -0.4 is 0 Å². The van der Waals surface area contributed by atoms with Crippen molar-refractivity contribution < 1.29 is 0 Å². The summed E-state index contributed by atoms with van der Waals surface area (Å²) in [4.78, 5) is 2.38. The van der Waals surface area contributed by atoms with Crippen molar-refractivity contribution in [1.29, 1.82) is 0 Å². The first-order chi connectivity index (χ1) is 6.24. The monoisotopic (exact) mass is 185 g/mol. The molecule has 0 radical (unpaired) electrons. The highest BCUT2D eigenvalue weighted by atomic mass is 15.1. The fraction of sp³-hybridized carbons (Fsp3) is 1.00. The lowest BCUT2D eigenvalue weighted by Crippen LogP contribution is -2.31. The van der Waals surface area contributed by atoms with Gasteiger partial charge in [0.05, 0.1) is 0 Å². The summed E-state index contributed by atoms with van der Waals surface area (Å²) in [5, 5.41) is 0. The van der Waals surface area contributed by atoms with E-state index in [9.17, 15) is 0 Å². The van der Waals surface area contributed by atoms with Gasteiger partial charge in [-0.2, -0.15) is 0 Å². The first-order valence-electron chi connectivity index (χ1n) is 5.90. The maximum absolute atomic E-state index is 2.38. The molecule has 1 nitrogen and oxygen atoms in total. The summed E-state index contributed by atoms with van der Waals surface area (Å²) in [6.07, 6.45) is 7.15. The second-order valence-corrected chi connectivity index (χ2v) is 4.05. The Kier molecular flexibility index (Phi) is 7.35. The smallest absolute Gasteiger partial charge is 0.00893 e. The van der Waals surface area contributed by atoms with Gasteiger partial charge in [0.25, 0.3) is 0 Å². The standard InChI is InChI=1S/C10H21N.C2H6/c1-4-9-5-7-10(8-6-9)11(2)3;1-2/h9-10H,4-8H2,1-3H3;1-2H3. The zero-order chi connectivity index (χ0) is 10.3. The second kappa shape index (κ2) is 7.37. The van der Waals surface area contributed by atoms with Crippen LogP contribution in [-0.4, -0.2) is 25.0 Å². The van der Waals surface area contributed by atoms with E-state index in [1.54, 1.807) is 0 Å². The second-order valence-electron chi connectivity index (χ2n) is 4.05. The molecule has 0 spiro atoms. The molecule has 1 aliphatic rings. The summed E-state index contributed by atoms with van der Waals surface area (Å²) < 4.78 is 0. The molecule has 0 N–H and O–H groups in total. The van der Waals surface area contributed by atoms with Crippen LogP contribution in [0, 0.1) is 5.92 Å². The van der Waals surface area contributed by atoms with Crippen LogP contribution in [0.2, 0.25) is 0 Å². The molecule has 1 saturated carbocycles. The van der Waals surface area contributed by atoms with Gasteiger partial charge in [-0.15, -0.1) is 0 Å². The third kappa shape index (κ3) is 4.66. The first kappa shape index (κ1) is 13.0. The van der Waals surface area contributed by atoms with Crippen molar-refractivity contribution >= 4 is 0 Å². The molecule has 1 heteroatoms. The fourth-order valence-corrected chi connectivity index (χ4v) is 2.07. The Balaban J connectivity index is 0.000000671. The van der Waals surface area contributed by atoms with Crippen LogP contribution in [0.5, 0.6) is 0 Å². The van der Waals surface area contributed by atoms with E-state index in [1.807, 2.05) is 13.8 Å². The average Bonchev–Trinajstić information content (AvgIpc) is 2.21. The summed E-state index contributed by atoms with van der Waals surface area (Å²) in [5.74, 6) is 1.03. The van der Waals surface area contributed by atoms with E-state index in [0.29, 0.717) is 0 Å². The van der Waals surface area contributed by atoms with Gasteiger partial charge in [0.2, 0.25) is 0 Å². The summed E-state index contributed by atoms with van der Waals surface area (Å²) >= 11 is 0. The van der Waals surface area contributed by atoms with Crippen LogP contribution in [-0.2, 0) is 0 Å². The molecule has 0 amide bonds. The molecule has 80 valence electrons. The van der Waals surface area contributed by atoms with Gasteiger partial charge < -0.3 is 4.90 Å².